The number of anilines is 1. The lowest BCUT2D eigenvalue weighted by atomic mass is 10.4. The van der Waals surface area contributed by atoms with E-state index in [0.717, 1.165) is 32.2 Å². The number of hydrogen-bond acceptors (Lipinski definition) is 5. The highest BCUT2D eigenvalue weighted by Gasteiger charge is 2.19. The summed E-state index contributed by atoms with van der Waals surface area (Å²) in [5.41, 5.74) is -0.0260. The van der Waals surface area contributed by atoms with Gasteiger partial charge in [-0.25, -0.2) is 0 Å². The molecule has 0 saturated carbocycles. The van der Waals surface area contributed by atoms with E-state index in [-0.39, 0.29) is 5.69 Å². The van der Waals surface area contributed by atoms with E-state index in [0.29, 0.717) is 6.01 Å². The van der Waals surface area contributed by atoms with Gasteiger partial charge in [-0.15, -0.1) is 4.91 Å². The van der Waals surface area contributed by atoms with Crippen LogP contribution in [0, 0.1) is 4.91 Å². The number of carbonyl (C=O) groups is 1. The Balaban J connectivity index is 2.16. The second kappa shape index (κ2) is 3.57. The number of hydrogen-bond donors (Lipinski definition) is 0. The van der Waals surface area contributed by atoms with Gasteiger partial charge in [-0.05, 0) is 12.8 Å². The van der Waals surface area contributed by atoms with Crippen molar-refractivity contribution in [3.8, 4) is 0 Å². The van der Waals surface area contributed by atoms with Crippen molar-refractivity contribution in [3.05, 3.63) is 16.9 Å². The molecule has 0 aromatic carbocycles. The number of carbonyl (C=O) groups excluding carboxylic acids is 1. The number of nitroso groups, excluding NO2 is 1. The van der Waals surface area contributed by atoms with Crippen LogP contribution in [-0.4, -0.2) is 24.0 Å². The van der Waals surface area contributed by atoms with Gasteiger partial charge in [0.05, 0.1) is 0 Å². The first-order chi connectivity index (χ1) is 6.81. The van der Waals surface area contributed by atoms with Gasteiger partial charge in [-0.1, -0.05) is 0 Å². The highest BCUT2D eigenvalue weighted by molar-refractivity contribution is 5.92. The van der Waals surface area contributed by atoms with Gasteiger partial charge in [0.15, 0.2) is 5.69 Å². The molecule has 1 aromatic heterocycles. The Morgan fingerprint density at radius 2 is 2.21 bits per heavy atom. The molecule has 74 valence electrons. The fourth-order valence-corrected chi connectivity index (χ4v) is 1.46. The van der Waals surface area contributed by atoms with Crippen LogP contribution in [0.25, 0.3) is 0 Å². The quantitative estimate of drug-likeness (QED) is 0.662. The van der Waals surface area contributed by atoms with Gasteiger partial charge in [0.1, 0.15) is 6.26 Å². The molecule has 14 heavy (non-hydrogen) atoms. The highest BCUT2D eigenvalue weighted by atomic mass is 16.4. The van der Waals surface area contributed by atoms with Crippen molar-refractivity contribution in [2.24, 2.45) is 5.18 Å². The maximum absolute atomic E-state index is 10.8. The topological polar surface area (TPSA) is 75.8 Å². The van der Waals surface area contributed by atoms with Gasteiger partial charge in [-0.3, -0.25) is 4.79 Å². The molecule has 0 bridgehead atoms. The van der Waals surface area contributed by atoms with Crippen molar-refractivity contribution in [1.82, 2.24) is 4.98 Å². The average Bonchev–Trinajstić information content (AvgIpc) is 2.86. The fourth-order valence-electron chi connectivity index (χ4n) is 1.46. The van der Waals surface area contributed by atoms with E-state index in [9.17, 15) is 9.70 Å². The zero-order chi connectivity index (χ0) is 9.97. The first kappa shape index (κ1) is 8.86. The minimum atomic E-state index is -0.890. The number of oxazole rings is 1. The van der Waals surface area contributed by atoms with Crippen molar-refractivity contribution < 1.29 is 9.21 Å². The molecule has 2 rings (SSSR count). The second-order valence-electron chi connectivity index (χ2n) is 3.11. The molecule has 1 aromatic rings. The molecule has 0 atom stereocenters. The molecule has 0 N–H and O–H groups in total. The molecule has 1 fully saturated rings. The second-order valence-corrected chi connectivity index (χ2v) is 3.11. The SMILES string of the molecule is O=NC(=O)c1coc(N2CCCC2)n1. The Morgan fingerprint density at radius 1 is 1.50 bits per heavy atom. The maximum atomic E-state index is 10.8. The molecular weight excluding hydrogens is 186 g/mol. The normalized spacial score (nSPS) is 15.9. The zero-order valence-electron chi connectivity index (χ0n) is 7.47. The van der Waals surface area contributed by atoms with E-state index in [4.69, 9.17) is 4.42 Å². The maximum Gasteiger partial charge on any atom is 0.338 e. The third-order valence-corrected chi connectivity index (χ3v) is 2.17. The van der Waals surface area contributed by atoms with E-state index >= 15 is 0 Å². The Labute approximate surface area is 79.9 Å². The van der Waals surface area contributed by atoms with E-state index in [1.165, 1.54) is 0 Å². The van der Waals surface area contributed by atoms with Gasteiger partial charge in [0.25, 0.3) is 6.01 Å². The standard InChI is InChI=1S/C8H9N3O3/c12-7(10-13)6-5-14-8(9-6)11-3-1-2-4-11/h5H,1-4H2. The fraction of sp³-hybridized carbons (Fsp3) is 0.500. The molecule has 1 saturated heterocycles. The van der Waals surface area contributed by atoms with Crippen LogP contribution in [0.5, 0.6) is 0 Å². The smallest absolute Gasteiger partial charge is 0.338 e. The molecular formula is C8H9N3O3. The summed E-state index contributed by atoms with van der Waals surface area (Å²) in [7, 11) is 0. The van der Waals surface area contributed by atoms with Crippen molar-refractivity contribution in [2.45, 2.75) is 12.8 Å². The number of rotatable bonds is 2. The van der Waals surface area contributed by atoms with E-state index in [2.05, 4.69) is 10.2 Å². The Morgan fingerprint density at radius 3 is 2.86 bits per heavy atom. The first-order valence-electron chi connectivity index (χ1n) is 4.39. The van der Waals surface area contributed by atoms with Crippen LogP contribution in [0.1, 0.15) is 23.3 Å². The van der Waals surface area contributed by atoms with E-state index in [1.807, 2.05) is 4.90 Å². The number of nitrogens with zero attached hydrogens (tertiary/aromatic N) is 3. The molecule has 1 aliphatic heterocycles. The molecule has 6 heteroatoms. The van der Waals surface area contributed by atoms with Gasteiger partial charge in [0, 0.05) is 18.3 Å². The lowest BCUT2D eigenvalue weighted by Crippen LogP contribution is -2.17. The van der Waals surface area contributed by atoms with Crippen LogP contribution in [-0.2, 0) is 0 Å². The third kappa shape index (κ3) is 1.50. The molecule has 0 aliphatic carbocycles. The summed E-state index contributed by atoms with van der Waals surface area (Å²) < 4.78 is 5.07. The number of amides is 1. The molecule has 0 spiro atoms. The molecule has 1 amide bonds. The summed E-state index contributed by atoms with van der Waals surface area (Å²) >= 11 is 0. The van der Waals surface area contributed by atoms with Gasteiger partial charge in [0.2, 0.25) is 0 Å². The molecule has 0 unspecified atom stereocenters. The Kier molecular flexibility index (Phi) is 2.26. The Hall–Kier alpha value is -1.72. The van der Waals surface area contributed by atoms with Gasteiger partial charge < -0.3 is 9.32 Å². The van der Waals surface area contributed by atoms with Crippen LogP contribution >= 0.6 is 0 Å². The van der Waals surface area contributed by atoms with Gasteiger partial charge >= 0.3 is 5.91 Å². The molecule has 1 aliphatic rings. The largest absolute Gasteiger partial charge is 0.431 e. The van der Waals surface area contributed by atoms with Crippen molar-refractivity contribution in [2.75, 3.05) is 18.0 Å². The molecule has 6 nitrogen and oxygen atoms in total. The summed E-state index contributed by atoms with van der Waals surface area (Å²) in [6, 6.07) is 0.398. The Bertz CT molecular complexity index is 354. The monoisotopic (exact) mass is 195 g/mol. The van der Waals surface area contributed by atoms with Crippen LogP contribution in [0.15, 0.2) is 15.9 Å². The molecule has 2 heterocycles. The van der Waals surface area contributed by atoms with Crippen molar-refractivity contribution >= 4 is 11.9 Å². The predicted octanol–water partition coefficient (Wildman–Crippen LogP) is 1.18. The number of aromatic nitrogens is 1. The van der Waals surface area contributed by atoms with Crippen molar-refractivity contribution in [3.63, 3.8) is 0 Å². The summed E-state index contributed by atoms with van der Waals surface area (Å²) in [5.74, 6) is -0.890. The third-order valence-electron chi connectivity index (χ3n) is 2.17. The summed E-state index contributed by atoms with van der Waals surface area (Å²) in [5, 5.41) is 2.27. The minimum absolute atomic E-state index is 0.0260. The lowest BCUT2D eigenvalue weighted by molar-refractivity contribution is 0.0996. The van der Waals surface area contributed by atoms with Gasteiger partial charge in [-0.2, -0.15) is 4.98 Å². The minimum Gasteiger partial charge on any atom is -0.431 e. The summed E-state index contributed by atoms with van der Waals surface area (Å²) in [4.78, 5) is 26.6. The van der Waals surface area contributed by atoms with Crippen LogP contribution in [0.3, 0.4) is 0 Å². The zero-order valence-corrected chi connectivity index (χ0v) is 7.47. The van der Waals surface area contributed by atoms with Crippen LogP contribution < -0.4 is 4.90 Å². The summed E-state index contributed by atoms with van der Waals surface area (Å²) in [6.45, 7) is 1.76. The van der Waals surface area contributed by atoms with E-state index in [1.54, 1.807) is 0 Å². The van der Waals surface area contributed by atoms with E-state index < -0.39 is 5.91 Å². The van der Waals surface area contributed by atoms with Crippen molar-refractivity contribution in [1.29, 1.82) is 0 Å². The first-order valence-corrected chi connectivity index (χ1v) is 4.39. The summed E-state index contributed by atoms with van der Waals surface area (Å²) in [6.07, 6.45) is 3.35. The van der Waals surface area contributed by atoms with Crippen LogP contribution in [0.4, 0.5) is 6.01 Å². The highest BCUT2D eigenvalue weighted by Crippen LogP contribution is 2.19. The van der Waals surface area contributed by atoms with Crippen LogP contribution in [0.2, 0.25) is 0 Å². The lowest BCUT2D eigenvalue weighted by Gasteiger charge is -2.10. The predicted molar refractivity (Wildman–Crippen MR) is 48.1 cm³/mol. The molecule has 0 radical (unpaired) electrons. The average molecular weight is 195 g/mol.